The normalized spacial score (nSPS) is 32.4. The maximum absolute atomic E-state index is 2.72. The molecule has 0 spiro atoms. The van der Waals surface area contributed by atoms with Crippen LogP contribution in [0.5, 0.6) is 0 Å². The lowest BCUT2D eigenvalue weighted by atomic mass is 9.75. The van der Waals surface area contributed by atoms with Gasteiger partial charge in [-0.2, -0.15) is 0 Å². The van der Waals surface area contributed by atoms with Crippen LogP contribution < -0.4 is 0 Å². The van der Waals surface area contributed by atoms with E-state index in [9.17, 15) is 0 Å². The smallest absolute Gasteiger partial charge is 0.0110 e. The van der Waals surface area contributed by atoms with Crippen LogP contribution in [-0.2, 0) is 0 Å². The topological polar surface area (TPSA) is 6.48 Å². The minimum atomic E-state index is 0.953. The van der Waals surface area contributed by atoms with E-state index in [1.165, 1.54) is 71.4 Å². The molecule has 1 aliphatic carbocycles. The fourth-order valence-electron chi connectivity index (χ4n) is 3.93. The number of hydrogen-bond acceptors (Lipinski definition) is 2. The van der Waals surface area contributed by atoms with Gasteiger partial charge >= 0.3 is 0 Å². The van der Waals surface area contributed by atoms with Crippen molar-refractivity contribution in [2.45, 2.75) is 52.9 Å². The van der Waals surface area contributed by atoms with Crippen LogP contribution >= 0.6 is 0 Å². The van der Waals surface area contributed by atoms with Crippen LogP contribution in [-0.4, -0.2) is 49.1 Å². The number of nitrogens with zero attached hydrogens (tertiary/aromatic N) is 2. The molecule has 0 bridgehead atoms. The highest BCUT2D eigenvalue weighted by molar-refractivity contribution is 4.79. The van der Waals surface area contributed by atoms with Crippen molar-refractivity contribution in [1.82, 2.24) is 9.80 Å². The molecule has 0 N–H and O–H groups in total. The summed E-state index contributed by atoms with van der Waals surface area (Å²) in [5.74, 6) is 2.97. The van der Waals surface area contributed by atoms with Crippen LogP contribution in [0.2, 0.25) is 0 Å². The molecule has 1 heterocycles. The SMILES string of the molecule is CCC(C)C1CCC(CN2CCN(CC)CC2)CC1. The summed E-state index contributed by atoms with van der Waals surface area (Å²) in [7, 11) is 0. The summed E-state index contributed by atoms with van der Waals surface area (Å²) in [6.07, 6.45) is 7.34. The van der Waals surface area contributed by atoms with E-state index in [1.807, 2.05) is 0 Å². The fourth-order valence-corrected chi connectivity index (χ4v) is 3.93. The van der Waals surface area contributed by atoms with Crippen LogP contribution in [0.4, 0.5) is 0 Å². The van der Waals surface area contributed by atoms with E-state index in [2.05, 4.69) is 30.6 Å². The van der Waals surface area contributed by atoms with E-state index in [1.54, 1.807) is 0 Å². The van der Waals surface area contributed by atoms with Crippen molar-refractivity contribution in [3.8, 4) is 0 Å². The zero-order chi connectivity index (χ0) is 13.7. The van der Waals surface area contributed by atoms with Gasteiger partial charge in [-0.3, -0.25) is 0 Å². The van der Waals surface area contributed by atoms with Gasteiger partial charge in [0.05, 0.1) is 0 Å². The summed E-state index contributed by atoms with van der Waals surface area (Å²) in [6.45, 7) is 14.9. The first-order chi connectivity index (χ1) is 9.22. The summed E-state index contributed by atoms with van der Waals surface area (Å²) < 4.78 is 0. The highest BCUT2D eigenvalue weighted by Gasteiger charge is 2.26. The van der Waals surface area contributed by atoms with E-state index in [0.717, 1.165) is 17.8 Å². The molecule has 2 rings (SSSR count). The highest BCUT2D eigenvalue weighted by Crippen LogP contribution is 2.34. The first kappa shape index (κ1) is 15.3. The Balaban J connectivity index is 1.66. The van der Waals surface area contributed by atoms with E-state index >= 15 is 0 Å². The van der Waals surface area contributed by atoms with Crippen molar-refractivity contribution in [2.24, 2.45) is 17.8 Å². The van der Waals surface area contributed by atoms with E-state index in [4.69, 9.17) is 0 Å². The summed E-state index contributed by atoms with van der Waals surface area (Å²) in [4.78, 5) is 5.30. The molecule has 0 aromatic heterocycles. The van der Waals surface area contributed by atoms with Gasteiger partial charge in [0.2, 0.25) is 0 Å². The van der Waals surface area contributed by atoms with Gasteiger partial charge in [-0.25, -0.2) is 0 Å². The number of likely N-dealkylation sites (N-methyl/N-ethyl adjacent to an activating group) is 1. The molecule has 0 aromatic carbocycles. The Bertz CT molecular complexity index is 238. The summed E-state index contributed by atoms with van der Waals surface area (Å²) >= 11 is 0. The molecule has 2 aliphatic rings. The summed E-state index contributed by atoms with van der Waals surface area (Å²) in [6, 6.07) is 0. The van der Waals surface area contributed by atoms with Gasteiger partial charge in [-0.15, -0.1) is 0 Å². The van der Waals surface area contributed by atoms with Crippen LogP contribution in [0.15, 0.2) is 0 Å². The highest BCUT2D eigenvalue weighted by atomic mass is 15.3. The molecule has 0 amide bonds. The van der Waals surface area contributed by atoms with Crippen molar-refractivity contribution in [2.75, 3.05) is 39.3 Å². The molecule has 1 saturated carbocycles. The summed E-state index contributed by atoms with van der Waals surface area (Å²) in [5, 5.41) is 0. The van der Waals surface area contributed by atoms with Crippen LogP contribution in [0.25, 0.3) is 0 Å². The van der Waals surface area contributed by atoms with E-state index < -0.39 is 0 Å². The monoisotopic (exact) mass is 266 g/mol. The minimum Gasteiger partial charge on any atom is -0.301 e. The van der Waals surface area contributed by atoms with Gasteiger partial charge in [0, 0.05) is 32.7 Å². The average molecular weight is 266 g/mol. The maximum Gasteiger partial charge on any atom is 0.0110 e. The first-order valence-corrected chi connectivity index (χ1v) is 8.67. The molecule has 0 radical (unpaired) electrons. The first-order valence-electron chi connectivity index (χ1n) is 8.67. The second-order valence-electron chi connectivity index (χ2n) is 6.90. The predicted molar refractivity (Wildman–Crippen MR) is 83.5 cm³/mol. The van der Waals surface area contributed by atoms with Crippen molar-refractivity contribution in [3.05, 3.63) is 0 Å². The Morgan fingerprint density at radius 2 is 1.47 bits per heavy atom. The Labute approximate surface area is 120 Å². The molecular formula is C17H34N2. The molecule has 1 unspecified atom stereocenters. The third kappa shape index (κ3) is 4.46. The van der Waals surface area contributed by atoms with E-state index in [-0.39, 0.29) is 0 Å². The lowest BCUT2D eigenvalue weighted by Gasteiger charge is -2.38. The van der Waals surface area contributed by atoms with Crippen molar-refractivity contribution >= 4 is 0 Å². The maximum atomic E-state index is 2.72. The number of rotatable bonds is 5. The molecule has 112 valence electrons. The van der Waals surface area contributed by atoms with Gasteiger partial charge in [0.1, 0.15) is 0 Å². The van der Waals surface area contributed by atoms with Gasteiger partial charge in [-0.05, 0) is 50.0 Å². The molecule has 1 atom stereocenters. The zero-order valence-electron chi connectivity index (χ0n) is 13.4. The molecule has 19 heavy (non-hydrogen) atoms. The van der Waals surface area contributed by atoms with Crippen LogP contribution in [0.1, 0.15) is 52.9 Å². The number of hydrogen-bond donors (Lipinski definition) is 0. The third-order valence-corrected chi connectivity index (χ3v) is 5.77. The van der Waals surface area contributed by atoms with Gasteiger partial charge in [0.25, 0.3) is 0 Å². The largest absolute Gasteiger partial charge is 0.301 e. The molecular weight excluding hydrogens is 232 g/mol. The predicted octanol–water partition coefficient (Wildman–Crippen LogP) is 3.48. The Kier molecular flexibility index (Phi) is 6.15. The van der Waals surface area contributed by atoms with Crippen LogP contribution in [0.3, 0.4) is 0 Å². The van der Waals surface area contributed by atoms with Crippen molar-refractivity contribution < 1.29 is 0 Å². The molecule has 0 aromatic rings. The van der Waals surface area contributed by atoms with Gasteiger partial charge < -0.3 is 9.80 Å². The Morgan fingerprint density at radius 3 is 2.00 bits per heavy atom. The minimum absolute atomic E-state index is 0.953. The zero-order valence-corrected chi connectivity index (χ0v) is 13.4. The molecule has 1 aliphatic heterocycles. The van der Waals surface area contributed by atoms with Gasteiger partial charge in [0.15, 0.2) is 0 Å². The van der Waals surface area contributed by atoms with Crippen molar-refractivity contribution in [3.63, 3.8) is 0 Å². The molecule has 2 nitrogen and oxygen atoms in total. The van der Waals surface area contributed by atoms with Crippen LogP contribution in [0, 0.1) is 17.8 Å². The number of piperazine rings is 1. The Morgan fingerprint density at radius 1 is 0.895 bits per heavy atom. The van der Waals surface area contributed by atoms with Gasteiger partial charge in [-0.1, -0.05) is 27.2 Å². The second kappa shape index (κ2) is 7.64. The lowest BCUT2D eigenvalue weighted by molar-refractivity contribution is 0.102. The Hall–Kier alpha value is -0.0800. The van der Waals surface area contributed by atoms with Crippen molar-refractivity contribution in [1.29, 1.82) is 0 Å². The standard InChI is InChI=1S/C17H34N2/c1-4-15(3)17-8-6-16(7-9-17)14-19-12-10-18(5-2)11-13-19/h15-17H,4-14H2,1-3H3. The fraction of sp³-hybridized carbons (Fsp3) is 1.00. The molecule has 1 saturated heterocycles. The third-order valence-electron chi connectivity index (χ3n) is 5.77. The molecule has 2 heteroatoms. The lowest BCUT2D eigenvalue weighted by Crippen LogP contribution is -2.47. The quantitative estimate of drug-likeness (QED) is 0.752. The summed E-state index contributed by atoms with van der Waals surface area (Å²) in [5.41, 5.74) is 0. The van der Waals surface area contributed by atoms with E-state index in [0.29, 0.717) is 0 Å². The molecule has 2 fully saturated rings. The second-order valence-corrected chi connectivity index (χ2v) is 6.90. The average Bonchev–Trinajstić information content (AvgIpc) is 2.48.